The summed E-state index contributed by atoms with van der Waals surface area (Å²) in [5.74, 6) is -0.261. The highest BCUT2D eigenvalue weighted by Gasteiger charge is 2.18. The summed E-state index contributed by atoms with van der Waals surface area (Å²) in [5.41, 5.74) is 1.63. The predicted octanol–water partition coefficient (Wildman–Crippen LogP) is 2.20. The quantitative estimate of drug-likeness (QED) is 0.739. The lowest BCUT2D eigenvalue weighted by Crippen LogP contribution is -2.42. The molecule has 0 radical (unpaired) electrons. The van der Waals surface area contributed by atoms with Crippen molar-refractivity contribution in [1.29, 1.82) is 0 Å². The van der Waals surface area contributed by atoms with E-state index in [0.29, 0.717) is 23.8 Å². The highest BCUT2D eigenvalue weighted by Crippen LogP contribution is 2.20. The molecule has 7 heteroatoms. The van der Waals surface area contributed by atoms with Gasteiger partial charge in [-0.3, -0.25) is 14.5 Å². The van der Waals surface area contributed by atoms with Crippen LogP contribution in [0.5, 0.6) is 0 Å². The summed E-state index contributed by atoms with van der Waals surface area (Å²) in [6.45, 7) is 6.07. The van der Waals surface area contributed by atoms with Crippen LogP contribution in [0.1, 0.15) is 25.3 Å². The fraction of sp³-hybridized carbons (Fsp3) is 0.556. The maximum Gasteiger partial charge on any atom is 0.238 e. The van der Waals surface area contributed by atoms with Gasteiger partial charge in [-0.1, -0.05) is 24.6 Å². The van der Waals surface area contributed by atoms with E-state index in [1.165, 1.54) is 0 Å². The first-order valence-corrected chi connectivity index (χ1v) is 9.02. The summed E-state index contributed by atoms with van der Waals surface area (Å²) >= 11 is 5.97. The lowest BCUT2D eigenvalue weighted by atomic mass is 10.2. The zero-order chi connectivity index (χ0) is 18.2. The molecule has 1 atom stereocenters. The van der Waals surface area contributed by atoms with Crippen molar-refractivity contribution in [2.24, 2.45) is 0 Å². The molecule has 138 valence electrons. The molecule has 25 heavy (non-hydrogen) atoms. The molecule has 1 fully saturated rings. The lowest BCUT2D eigenvalue weighted by Gasteiger charge is -2.20. The number of carbonyl (C=O) groups is 2. The van der Waals surface area contributed by atoms with Crippen LogP contribution in [-0.4, -0.2) is 55.6 Å². The minimum atomic E-state index is -0.167. The Kier molecular flexibility index (Phi) is 7.68. The van der Waals surface area contributed by atoms with Crippen LogP contribution in [0.2, 0.25) is 5.02 Å². The maximum absolute atomic E-state index is 12.2. The number of amides is 2. The van der Waals surface area contributed by atoms with Gasteiger partial charge in [-0.2, -0.15) is 0 Å². The average Bonchev–Trinajstić information content (AvgIpc) is 3.09. The Morgan fingerprint density at radius 2 is 2.08 bits per heavy atom. The second kappa shape index (κ2) is 9.75. The molecule has 0 spiro atoms. The van der Waals surface area contributed by atoms with Gasteiger partial charge in [0.2, 0.25) is 11.8 Å². The summed E-state index contributed by atoms with van der Waals surface area (Å²) in [4.78, 5) is 26.1. The van der Waals surface area contributed by atoms with Crippen LogP contribution in [0.15, 0.2) is 18.2 Å². The van der Waals surface area contributed by atoms with Gasteiger partial charge in [-0.05, 0) is 44.0 Å². The van der Waals surface area contributed by atoms with Crippen LogP contribution < -0.4 is 10.6 Å². The van der Waals surface area contributed by atoms with Crippen molar-refractivity contribution in [3.05, 3.63) is 28.8 Å². The Morgan fingerprint density at radius 3 is 2.76 bits per heavy atom. The largest absolute Gasteiger partial charge is 0.376 e. The van der Waals surface area contributed by atoms with Gasteiger partial charge in [0.05, 0.1) is 19.2 Å². The third-order valence-corrected chi connectivity index (χ3v) is 4.44. The molecule has 2 amide bonds. The van der Waals surface area contributed by atoms with Crippen LogP contribution in [0.25, 0.3) is 0 Å². The van der Waals surface area contributed by atoms with Gasteiger partial charge in [-0.15, -0.1) is 0 Å². The Labute approximate surface area is 153 Å². The molecule has 0 saturated carbocycles. The van der Waals surface area contributed by atoms with Crippen LogP contribution >= 0.6 is 11.6 Å². The molecule has 0 aromatic heterocycles. The molecule has 1 aromatic carbocycles. The minimum absolute atomic E-state index is 0.0934. The lowest BCUT2D eigenvalue weighted by molar-refractivity contribution is -0.123. The van der Waals surface area contributed by atoms with Crippen molar-refractivity contribution in [2.45, 2.75) is 32.8 Å². The van der Waals surface area contributed by atoms with E-state index in [2.05, 4.69) is 10.6 Å². The number of hydrogen-bond donors (Lipinski definition) is 2. The molecule has 2 N–H and O–H groups in total. The van der Waals surface area contributed by atoms with Crippen molar-refractivity contribution in [3.8, 4) is 0 Å². The molecule has 0 aliphatic carbocycles. The van der Waals surface area contributed by atoms with Gasteiger partial charge >= 0.3 is 0 Å². The second-order valence-electron chi connectivity index (χ2n) is 6.25. The number of rotatable bonds is 8. The molecule has 1 saturated heterocycles. The Morgan fingerprint density at radius 1 is 1.32 bits per heavy atom. The highest BCUT2D eigenvalue weighted by atomic mass is 35.5. The molecule has 1 aliphatic heterocycles. The molecule has 2 rings (SSSR count). The maximum atomic E-state index is 12.2. The average molecular weight is 368 g/mol. The molecular formula is C18H26ClN3O3. The number of anilines is 1. The van der Waals surface area contributed by atoms with E-state index in [9.17, 15) is 9.59 Å². The van der Waals surface area contributed by atoms with Gasteiger partial charge in [-0.25, -0.2) is 0 Å². The number of carbonyl (C=O) groups excluding carboxylic acids is 2. The van der Waals surface area contributed by atoms with Gasteiger partial charge < -0.3 is 15.4 Å². The number of nitrogens with zero attached hydrogens (tertiary/aromatic N) is 1. The molecule has 1 aromatic rings. The minimum Gasteiger partial charge on any atom is -0.376 e. The number of halogens is 1. The Balaban J connectivity index is 1.78. The first kappa shape index (κ1) is 19.7. The summed E-state index contributed by atoms with van der Waals surface area (Å²) in [6.07, 6.45) is 2.15. The van der Waals surface area contributed by atoms with Gasteiger partial charge in [0.15, 0.2) is 0 Å². The molecule has 0 bridgehead atoms. The molecule has 1 aliphatic rings. The van der Waals surface area contributed by atoms with E-state index in [1.807, 2.05) is 19.9 Å². The molecule has 6 nitrogen and oxygen atoms in total. The van der Waals surface area contributed by atoms with E-state index in [1.54, 1.807) is 17.0 Å². The molecule has 1 heterocycles. The fourth-order valence-electron chi connectivity index (χ4n) is 2.69. The number of aryl methyl sites for hydroxylation is 1. The van der Waals surface area contributed by atoms with E-state index in [-0.39, 0.29) is 31.0 Å². The van der Waals surface area contributed by atoms with E-state index < -0.39 is 0 Å². The number of nitrogens with one attached hydrogen (secondary N) is 2. The standard InChI is InChI=1S/C18H26ClN3O3/c1-3-22(11-17(23)20-10-15-5-4-8-25-15)12-18(24)21-16-9-14(19)7-6-13(16)2/h6-7,9,15H,3-5,8,10-12H2,1-2H3,(H,20,23)(H,21,24)/t15-/m1/s1. The number of likely N-dealkylation sites (N-methyl/N-ethyl adjacent to an activating group) is 1. The second-order valence-corrected chi connectivity index (χ2v) is 6.69. The third-order valence-electron chi connectivity index (χ3n) is 4.21. The summed E-state index contributed by atoms with van der Waals surface area (Å²) < 4.78 is 5.48. The first-order chi connectivity index (χ1) is 12.0. The summed E-state index contributed by atoms with van der Waals surface area (Å²) in [7, 11) is 0. The van der Waals surface area contributed by atoms with Gasteiger partial charge in [0, 0.05) is 23.9 Å². The van der Waals surface area contributed by atoms with Crippen molar-refractivity contribution >= 4 is 29.1 Å². The fourth-order valence-corrected chi connectivity index (χ4v) is 2.87. The van der Waals surface area contributed by atoms with Crippen LogP contribution in [-0.2, 0) is 14.3 Å². The number of benzene rings is 1. The van der Waals surface area contributed by atoms with Crippen LogP contribution in [0.3, 0.4) is 0 Å². The van der Waals surface area contributed by atoms with Crippen molar-refractivity contribution in [2.75, 3.05) is 38.1 Å². The van der Waals surface area contributed by atoms with E-state index in [0.717, 1.165) is 25.0 Å². The van der Waals surface area contributed by atoms with Crippen LogP contribution in [0, 0.1) is 6.92 Å². The number of hydrogen-bond acceptors (Lipinski definition) is 4. The normalized spacial score (nSPS) is 16.9. The van der Waals surface area contributed by atoms with Crippen molar-refractivity contribution < 1.29 is 14.3 Å². The zero-order valence-electron chi connectivity index (χ0n) is 14.8. The monoisotopic (exact) mass is 367 g/mol. The summed E-state index contributed by atoms with van der Waals surface area (Å²) in [5, 5.41) is 6.29. The van der Waals surface area contributed by atoms with E-state index in [4.69, 9.17) is 16.3 Å². The zero-order valence-corrected chi connectivity index (χ0v) is 15.6. The summed E-state index contributed by atoms with van der Waals surface area (Å²) in [6, 6.07) is 5.36. The Hall–Kier alpha value is -1.63. The molecule has 0 unspecified atom stereocenters. The van der Waals surface area contributed by atoms with Gasteiger partial charge in [0.1, 0.15) is 0 Å². The Bertz CT molecular complexity index is 603. The first-order valence-electron chi connectivity index (χ1n) is 8.64. The smallest absolute Gasteiger partial charge is 0.238 e. The molecular weight excluding hydrogens is 342 g/mol. The van der Waals surface area contributed by atoms with Crippen LogP contribution in [0.4, 0.5) is 5.69 Å². The van der Waals surface area contributed by atoms with Crippen molar-refractivity contribution in [1.82, 2.24) is 10.2 Å². The number of ether oxygens (including phenoxy) is 1. The third kappa shape index (κ3) is 6.65. The van der Waals surface area contributed by atoms with Crippen molar-refractivity contribution in [3.63, 3.8) is 0 Å². The van der Waals surface area contributed by atoms with Gasteiger partial charge in [0.25, 0.3) is 0 Å². The van der Waals surface area contributed by atoms with E-state index >= 15 is 0 Å². The predicted molar refractivity (Wildman–Crippen MR) is 98.9 cm³/mol. The SMILES string of the molecule is CCN(CC(=O)NC[C@H]1CCCO1)CC(=O)Nc1cc(Cl)ccc1C. The highest BCUT2D eigenvalue weighted by molar-refractivity contribution is 6.31. The topological polar surface area (TPSA) is 70.7 Å².